The Morgan fingerprint density at radius 3 is 1.25 bits per heavy atom. The summed E-state index contributed by atoms with van der Waals surface area (Å²) in [4.78, 5) is 1.62. The van der Waals surface area contributed by atoms with E-state index in [2.05, 4.69) is 14.1 Å². The molecular formula is C4H9NW3-2. The van der Waals surface area contributed by atoms with Crippen molar-refractivity contribution in [2.24, 2.45) is 0 Å². The molecule has 1 nitrogen and oxygen atoms in total. The molecule has 0 saturated carbocycles. The van der Waals surface area contributed by atoms with Crippen molar-refractivity contribution in [3.8, 4) is 0 Å². The molecule has 0 amide bonds. The molecule has 0 aromatic carbocycles. The molecule has 4 heteroatoms. The third-order valence-electron chi connectivity index (χ3n) is 0.447. The van der Waals surface area contributed by atoms with Gasteiger partial charge in [-0.05, 0) is 0 Å². The fourth-order valence-electron chi connectivity index (χ4n) is 0. The maximum Gasteiger partial charge on any atom is 0 e. The van der Waals surface area contributed by atoms with Crippen LogP contribution in [0, 0.1) is 14.1 Å². The first-order chi connectivity index (χ1) is 2.27. The summed E-state index contributed by atoms with van der Waals surface area (Å²) in [6.07, 6.45) is 0. The van der Waals surface area contributed by atoms with E-state index in [0.29, 0.717) is 0 Å². The van der Waals surface area contributed by atoms with E-state index in [4.69, 9.17) is 0 Å². The molecule has 0 spiro atoms. The average Bonchev–Trinajstić information content (AvgIpc) is 1.38. The smallest absolute Gasteiger partial charge is 0 e. The van der Waals surface area contributed by atoms with Crippen molar-refractivity contribution < 1.29 is 63.2 Å². The molecule has 0 fully saturated rings. The van der Waals surface area contributed by atoms with E-state index in [1.165, 1.54) is 0 Å². The van der Waals surface area contributed by atoms with E-state index in [1.54, 1.807) is 4.90 Å². The zero-order valence-electron chi connectivity index (χ0n) is 4.79. The Kier molecular flexibility index (Phi) is 45.0. The molecule has 0 saturated heterocycles. The van der Waals surface area contributed by atoms with Crippen LogP contribution in [0.2, 0.25) is 0 Å². The van der Waals surface area contributed by atoms with E-state index in [-0.39, 0.29) is 63.2 Å². The van der Waals surface area contributed by atoms with Crippen LogP contribution in [0.25, 0.3) is 0 Å². The summed E-state index contributed by atoms with van der Waals surface area (Å²) in [6.45, 7) is 2.92. The fourth-order valence-corrected chi connectivity index (χ4v) is 0. The van der Waals surface area contributed by atoms with Gasteiger partial charge in [-0.15, -0.1) is 0 Å². The maximum atomic E-state index is 3.48. The first kappa shape index (κ1) is 22.5. The number of rotatable bonds is 1. The van der Waals surface area contributed by atoms with E-state index in [1.807, 2.05) is 6.92 Å². The monoisotopic (exact) mass is 623 g/mol. The Morgan fingerprint density at radius 2 is 1.25 bits per heavy atom. The van der Waals surface area contributed by atoms with Crippen LogP contribution in [0.3, 0.4) is 0 Å². The van der Waals surface area contributed by atoms with Crippen LogP contribution in [0.5, 0.6) is 0 Å². The van der Waals surface area contributed by atoms with E-state index in [9.17, 15) is 0 Å². The molecule has 0 heterocycles. The molecule has 0 aliphatic heterocycles. The van der Waals surface area contributed by atoms with E-state index >= 15 is 0 Å². The maximum absolute atomic E-state index is 3.48. The summed E-state index contributed by atoms with van der Waals surface area (Å²) in [6, 6.07) is 0. The van der Waals surface area contributed by atoms with Crippen molar-refractivity contribution in [1.82, 2.24) is 4.90 Å². The molecule has 0 aromatic rings. The summed E-state index contributed by atoms with van der Waals surface area (Å²) in [7, 11) is 6.96. The van der Waals surface area contributed by atoms with Gasteiger partial charge in [0.25, 0.3) is 0 Å². The normalized spacial score (nSPS) is 6.00. The zero-order valence-corrected chi connectivity index (χ0v) is 13.6. The van der Waals surface area contributed by atoms with Crippen molar-refractivity contribution >= 4 is 0 Å². The van der Waals surface area contributed by atoms with Gasteiger partial charge in [0.1, 0.15) is 0 Å². The summed E-state index contributed by atoms with van der Waals surface area (Å²) >= 11 is 0. The van der Waals surface area contributed by atoms with Gasteiger partial charge in [-0.2, -0.15) is 0 Å². The van der Waals surface area contributed by atoms with Crippen molar-refractivity contribution in [2.75, 3.05) is 6.54 Å². The first-order valence-corrected chi connectivity index (χ1v) is 1.66. The van der Waals surface area contributed by atoms with Crippen LogP contribution < -0.4 is 0 Å². The molecular weight excluding hydrogens is 614 g/mol. The van der Waals surface area contributed by atoms with Gasteiger partial charge in [0, 0.05) is 63.2 Å². The molecule has 0 radical (unpaired) electrons. The minimum Gasteiger partial charge on any atom is -0.611 e. The molecule has 0 bridgehead atoms. The Morgan fingerprint density at radius 1 is 1.12 bits per heavy atom. The molecule has 0 aliphatic rings. The van der Waals surface area contributed by atoms with Crippen LogP contribution in [0.15, 0.2) is 0 Å². The SMILES string of the molecule is [CH2-]N([CH2-])CC.[W].[W].[W]. The second kappa shape index (κ2) is 16.0. The van der Waals surface area contributed by atoms with Crippen molar-refractivity contribution in [3.63, 3.8) is 0 Å². The third kappa shape index (κ3) is 24.4. The minimum absolute atomic E-state index is 0. The van der Waals surface area contributed by atoms with Gasteiger partial charge in [0.05, 0.1) is 0 Å². The summed E-state index contributed by atoms with van der Waals surface area (Å²) in [5.41, 5.74) is 0. The van der Waals surface area contributed by atoms with Gasteiger partial charge in [-0.3, -0.25) is 0 Å². The van der Waals surface area contributed by atoms with Gasteiger partial charge < -0.3 is 19.0 Å². The molecule has 8 heavy (non-hydrogen) atoms. The van der Waals surface area contributed by atoms with Crippen LogP contribution in [0.4, 0.5) is 0 Å². The second-order valence-electron chi connectivity index (χ2n) is 0.987. The molecule has 0 aromatic heterocycles. The minimum atomic E-state index is 0. The van der Waals surface area contributed by atoms with Crippen molar-refractivity contribution in [2.45, 2.75) is 6.92 Å². The Bertz CT molecular complexity index is 25.2. The summed E-state index contributed by atoms with van der Waals surface area (Å²) in [5.74, 6) is 0. The number of hydrogen-bond acceptors (Lipinski definition) is 1. The largest absolute Gasteiger partial charge is 0.611 e. The standard InChI is InChI=1S/C4H9N.3W/c1-4-5(2)3;;;/h2-4H2,1H3;;;/q-2;;;. The van der Waals surface area contributed by atoms with Crippen LogP contribution in [0.1, 0.15) is 6.92 Å². The van der Waals surface area contributed by atoms with E-state index in [0.717, 1.165) is 6.54 Å². The summed E-state index contributed by atoms with van der Waals surface area (Å²) in [5, 5.41) is 0. The van der Waals surface area contributed by atoms with Gasteiger partial charge >= 0.3 is 0 Å². The summed E-state index contributed by atoms with van der Waals surface area (Å²) < 4.78 is 0. The van der Waals surface area contributed by atoms with E-state index < -0.39 is 0 Å². The Hall–Kier alpha value is 2.02. The molecule has 50 valence electrons. The van der Waals surface area contributed by atoms with Crippen molar-refractivity contribution in [3.05, 3.63) is 14.1 Å². The van der Waals surface area contributed by atoms with Gasteiger partial charge in [-0.1, -0.05) is 13.5 Å². The fraction of sp³-hybridized carbons (Fsp3) is 0.500. The number of hydrogen-bond donors (Lipinski definition) is 0. The van der Waals surface area contributed by atoms with Crippen molar-refractivity contribution in [1.29, 1.82) is 0 Å². The number of nitrogens with zero attached hydrogens (tertiary/aromatic N) is 1. The van der Waals surface area contributed by atoms with Crippen LogP contribution in [-0.4, -0.2) is 11.4 Å². The van der Waals surface area contributed by atoms with Gasteiger partial charge in [0.15, 0.2) is 0 Å². The first-order valence-electron chi connectivity index (χ1n) is 1.66. The van der Waals surface area contributed by atoms with Gasteiger partial charge in [0.2, 0.25) is 0 Å². The van der Waals surface area contributed by atoms with Crippen LogP contribution >= 0.6 is 0 Å². The molecule has 0 atom stereocenters. The zero-order chi connectivity index (χ0) is 4.28. The molecule has 0 aliphatic carbocycles. The Labute approximate surface area is 94.8 Å². The average molecular weight is 623 g/mol. The predicted molar refractivity (Wildman–Crippen MR) is 23.1 cm³/mol. The quantitative estimate of drug-likeness (QED) is 0.393. The van der Waals surface area contributed by atoms with Crippen LogP contribution in [-0.2, 0) is 63.2 Å². The van der Waals surface area contributed by atoms with Gasteiger partial charge in [-0.25, -0.2) is 0 Å². The second-order valence-corrected chi connectivity index (χ2v) is 0.987. The topological polar surface area (TPSA) is 3.24 Å². The molecule has 0 unspecified atom stereocenters. The molecule has 0 rings (SSSR count). The third-order valence-corrected chi connectivity index (χ3v) is 0.447. The Balaban J connectivity index is -0.0000000267. The predicted octanol–water partition coefficient (Wildman–Crippen LogP) is 0.884. The molecule has 0 N–H and O–H groups in total.